The van der Waals surface area contributed by atoms with Crippen LogP contribution in [-0.4, -0.2) is 24.1 Å². The first-order valence-corrected chi connectivity index (χ1v) is 3.65. The molecule has 1 aliphatic rings. The number of amides is 1. The van der Waals surface area contributed by atoms with E-state index in [9.17, 15) is 4.79 Å². The molecule has 1 fully saturated rings. The largest absolute Gasteiger partial charge is 1.00 e. The van der Waals surface area contributed by atoms with Gasteiger partial charge in [-0.05, 0) is 6.92 Å². The minimum absolute atomic E-state index is 0. The van der Waals surface area contributed by atoms with Crippen molar-refractivity contribution in [3.05, 3.63) is 0 Å². The van der Waals surface area contributed by atoms with Gasteiger partial charge in [-0.25, -0.2) is 10.1 Å². The van der Waals surface area contributed by atoms with Crippen molar-refractivity contribution in [3.63, 3.8) is 0 Å². The zero-order chi connectivity index (χ0) is 9.61. The van der Waals surface area contributed by atoms with Crippen molar-refractivity contribution >= 4 is 17.7 Å². The zero-order valence-electron chi connectivity index (χ0n) is 7.46. The van der Waals surface area contributed by atoms with E-state index >= 15 is 0 Å². The van der Waals surface area contributed by atoms with E-state index in [1.54, 1.807) is 6.92 Å². The molecule has 68 valence electrons. The van der Waals surface area contributed by atoms with Gasteiger partial charge in [-0.2, -0.15) is 0 Å². The number of alkyl halides is 1. The molecule has 0 saturated carbocycles. The van der Waals surface area contributed by atoms with Gasteiger partial charge in [0.15, 0.2) is 0 Å². The van der Waals surface area contributed by atoms with Gasteiger partial charge in [0.05, 0.1) is 12.4 Å². The van der Waals surface area contributed by atoms with E-state index in [1.807, 2.05) is 0 Å². The van der Waals surface area contributed by atoms with Crippen molar-refractivity contribution in [2.45, 2.75) is 12.5 Å². The average molecular weight is 231 g/mol. The van der Waals surface area contributed by atoms with E-state index in [-0.39, 0.29) is 57.5 Å². The molecule has 0 aromatic carbocycles. The predicted molar refractivity (Wildman–Crippen MR) is 39.2 cm³/mol. The summed E-state index contributed by atoms with van der Waals surface area (Å²) in [4.78, 5) is 10.4. The van der Waals surface area contributed by atoms with E-state index in [0.29, 0.717) is 18.7 Å². The summed E-state index contributed by atoms with van der Waals surface area (Å²) < 4.78 is 4.82. The molecule has 0 aliphatic carbocycles. The maximum Gasteiger partial charge on any atom is 1.00 e. The number of rotatable bonds is 1. The molecule has 5 nitrogen and oxygen atoms in total. The molecular formula is C6H8ClKN2O3. The van der Waals surface area contributed by atoms with Crippen molar-refractivity contribution in [2.24, 2.45) is 0 Å². The molecule has 1 rings (SSSR count). The first-order valence-electron chi connectivity index (χ1n) is 3.12. The van der Waals surface area contributed by atoms with Crippen molar-refractivity contribution < 1.29 is 66.0 Å². The van der Waals surface area contributed by atoms with Crippen molar-refractivity contribution in [2.75, 3.05) is 12.4 Å². The molecular weight excluding hydrogens is 223 g/mol. The minimum Gasteiger partial charge on any atom is -0.812 e. The van der Waals surface area contributed by atoms with Crippen molar-refractivity contribution in [1.82, 2.24) is 5.32 Å². The van der Waals surface area contributed by atoms with Gasteiger partial charge in [-0.15, -0.1) is 11.6 Å². The number of nitriles is 1. The second-order valence-corrected chi connectivity index (χ2v) is 2.69. The number of ether oxygens (including phenoxy) is 1. The van der Waals surface area contributed by atoms with E-state index in [4.69, 9.17) is 26.7 Å². The monoisotopic (exact) mass is 230 g/mol. The summed E-state index contributed by atoms with van der Waals surface area (Å²) in [6.45, 7) is 2.30. The van der Waals surface area contributed by atoms with Crippen LogP contribution in [0.25, 0.3) is 0 Å². The van der Waals surface area contributed by atoms with E-state index in [1.165, 1.54) is 0 Å². The van der Waals surface area contributed by atoms with Crippen LogP contribution >= 0.6 is 11.6 Å². The fraction of sp³-hybridized carbons (Fsp3) is 0.667. The van der Waals surface area contributed by atoms with Gasteiger partial charge in [-0.1, -0.05) is 0 Å². The SMILES string of the molecule is CC1(CCl)CNC(=O)O1.N#C[O-].[K+]. The van der Waals surface area contributed by atoms with Gasteiger partial charge >= 0.3 is 57.5 Å². The fourth-order valence-electron chi connectivity index (χ4n) is 0.630. The maximum atomic E-state index is 10.4. The maximum absolute atomic E-state index is 10.4. The normalized spacial score (nSPS) is 23.9. The molecule has 1 unspecified atom stereocenters. The van der Waals surface area contributed by atoms with E-state index in [2.05, 4.69) is 5.32 Å². The van der Waals surface area contributed by atoms with Crippen LogP contribution in [0, 0.1) is 11.5 Å². The van der Waals surface area contributed by atoms with E-state index < -0.39 is 5.60 Å². The quantitative estimate of drug-likeness (QED) is 0.289. The Labute approximate surface area is 124 Å². The standard InChI is InChI=1S/C5H8ClNO2.CHNO.K/c1-5(2-6)3-7-4(8)9-5;2-1-3;/h2-3H2,1H3,(H,7,8);3H;/q;;+1/p-1. The molecule has 0 aromatic heterocycles. The third-order valence-corrected chi connectivity index (χ3v) is 1.79. The van der Waals surface area contributed by atoms with Gasteiger partial charge in [0.1, 0.15) is 5.60 Å². The molecule has 1 saturated heterocycles. The second kappa shape index (κ2) is 7.85. The molecule has 0 aromatic rings. The Hall–Kier alpha value is 0.486. The molecule has 1 aliphatic heterocycles. The van der Waals surface area contributed by atoms with Gasteiger partial charge < -0.3 is 15.2 Å². The van der Waals surface area contributed by atoms with Crippen LogP contribution in [0.5, 0.6) is 0 Å². The van der Waals surface area contributed by atoms with E-state index in [0.717, 1.165) is 0 Å². The molecule has 7 heteroatoms. The van der Waals surface area contributed by atoms with Crippen LogP contribution in [0.4, 0.5) is 4.79 Å². The number of nitrogens with one attached hydrogen (secondary N) is 1. The van der Waals surface area contributed by atoms with Crippen LogP contribution in [0.3, 0.4) is 0 Å². The number of hydrogen-bond acceptors (Lipinski definition) is 4. The third-order valence-electron chi connectivity index (χ3n) is 1.23. The summed E-state index contributed by atoms with van der Waals surface area (Å²) >= 11 is 5.50. The summed E-state index contributed by atoms with van der Waals surface area (Å²) in [7, 11) is 0. The van der Waals surface area contributed by atoms with Crippen LogP contribution < -0.4 is 61.8 Å². The Morgan fingerprint density at radius 3 is 2.54 bits per heavy atom. The summed E-state index contributed by atoms with van der Waals surface area (Å²) in [5, 5.41) is 17.5. The second-order valence-electron chi connectivity index (χ2n) is 2.42. The Bertz CT molecular complexity index is 209. The number of nitrogens with zero attached hydrogens (tertiary/aromatic N) is 1. The smallest absolute Gasteiger partial charge is 0.812 e. The minimum atomic E-state index is -0.487. The molecule has 1 atom stereocenters. The number of carbonyl (C=O) groups is 1. The van der Waals surface area contributed by atoms with Crippen LogP contribution in [0.1, 0.15) is 6.92 Å². The molecule has 1 N–H and O–H groups in total. The first-order chi connectivity index (χ1) is 5.58. The van der Waals surface area contributed by atoms with Gasteiger partial charge in [0, 0.05) is 6.26 Å². The average Bonchev–Trinajstić information content (AvgIpc) is 2.34. The number of cyclic esters (lactones) is 1. The van der Waals surface area contributed by atoms with Crippen molar-refractivity contribution in [1.29, 1.82) is 5.26 Å². The zero-order valence-corrected chi connectivity index (χ0v) is 11.3. The Balaban J connectivity index is 0. The summed E-state index contributed by atoms with van der Waals surface area (Å²) in [5.41, 5.74) is -0.487. The summed E-state index contributed by atoms with van der Waals surface area (Å²) in [6.07, 6.45) is 0.123. The first kappa shape index (κ1) is 15.9. The van der Waals surface area contributed by atoms with Crippen LogP contribution in [0.2, 0.25) is 0 Å². The molecule has 0 bridgehead atoms. The molecule has 13 heavy (non-hydrogen) atoms. The van der Waals surface area contributed by atoms with Gasteiger partial charge in [0.2, 0.25) is 0 Å². The number of carbonyl (C=O) groups excluding carboxylic acids is 1. The molecule has 1 heterocycles. The number of hydrogen-bond donors (Lipinski definition) is 1. The Morgan fingerprint density at radius 1 is 1.92 bits per heavy atom. The Kier molecular flexibility index (Phi) is 9.62. The third kappa shape index (κ3) is 6.54. The molecule has 0 radical (unpaired) electrons. The van der Waals surface area contributed by atoms with Crippen LogP contribution in [0.15, 0.2) is 0 Å². The fourth-order valence-corrected chi connectivity index (χ4v) is 0.779. The summed E-state index contributed by atoms with van der Waals surface area (Å²) in [5.74, 6) is 0.339. The predicted octanol–water partition coefficient (Wildman–Crippen LogP) is -3.44. The number of alkyl carbamates (subject to hydrolysis) is 1. The Morgan fingerprint density at radius 2 is 2.38 bits per heavy atom. The van der Waals surface area contributed by atoms with Crippen LogP contribution in [-0.2, 0) is 4.74 Å². The topological polar surface area (TPSA) is 85.2 Å². The van der Waals surface area contributed by atoms with Crippen molar-refractivity contribution in [3.8, 4) is 6.26 Å². The van der Waals surface area contributed by atoms with Gasteiger partial charge in [-0.3, -0.25) is 0 Å². The molecule has 1 amide bonds. The molecule has 0 spiro atoms. The van der Waals surface area contributed by atoms with Gasteiger partial charge in [0.25, 0.3) is 0 Å². The number of halogens is 1. The summed E-state index contributed by atoms with van der Waals surface area (Å²) in [6, 6.07) is 0.